The lowest BCUT2D eigenvalue weighted by molar-refractivity contribution is -0.121. The monoisotopic (exact) mass is 355 g/mol. The first-order chi connectivity index (χ1) is 12.2. The molecular weight excluding hydrogens is 338 g/mol. The number of hydrogen-bond donors (Lipinski definition) is 2. The number of nitrogens with one attached hydrogen (secondary N) is 2. The van der Waals surface area contributed by atoms with Gasteiger partial charge in [0, 0.05) is 0 Å². The van der Waals surface area contributed by atoms with Crippen molar-refractivity contribution in [2.24, 2.45) is 0 Å². The van der Waals surface area contributed by atoms with Crippen molar-refractivity contribution in [2.75, 3.05) is 5.43 Å². The Kier molecular flexibility index (Phi) is 4.19. The summed E-state index contributed by atoms with van der Waals surface area (Å²) in [7, 11) is 0. The van der Waals surface area contributed by atoms with Crippen molar-refractivity contribution >= 4 is 17.7 Å². The van der Waals surface area contributed by atoms with Crippen LogP contribution in [-0.2, 0) is 11.3 Å². The van der Waals surface area contributed by atoms with Gasteiger partial charge in [-0.1, -0.05) is 42.1 Å². The predicted molar refractivity (Wildman–Crippen MR) is 93.5 cm³/mol. The highest BCUT2D eigenvalue weighted by atomic mass is 32.2. The molecule has 2 atom stereocenters. The van der Waals surface area contributed by atoms with Crippen LogP contribution in [0.3, 0.4) is 0 Å². The van der Waals surface area contributed by atoms with E-state index in [0.717, 1.165) is 17.1 Å². The van der Waals surface area contributed by atoms with E-state index >= 15 is 0 Å². The Morgan fingerprint density at radius 2 is 2.12 bits per heavy atom. The molecule has 0 saturated heterocycles. The Hall–Kier alpha value is -2.74. The number of aryl methyl sites for hydroxylation is 1. The first-order valence-corrected chi connectivity index (χ1v) is 8.80. The molecule has 0 radical (unpaired) electrons. The van der Waals surface area contributed by atoms with Crippen LogP contribution in [0.1, 0.15) is 23.2 Å². The van der Waals surface area contributed by atoms with Crippen molar-refractivity contribution < 1.29 is 9.21 Å². The molecule has 1 aliphatic heterocycles. The molecule has 128 valence electrons. The Morgan fingerprint density at radius 1 is 1.28 bits per heavy atom. The van der Waals surface area contributed by atoms with Crippen LogP contribution in [0.5, 0.6) is 0 Å². The maximum absolute atomic E-state index is 12.8. The standard InChI is InChI=1S/C17H17N5O2S/c1-11-19-20-17-22(11)21-14(12-6-3-2-4-7-12)15(25-17)16(23)18-10-13-8-5-9-24-13/h2-9,14-15,21H,10H2,1H3,(H,18,23). The van der Waals surface area contributed by atoms with E-state index in [-0.39, 0.29) is 17.2 Å². The second-order valence-electron chi connectivity index (χ2n) is 5.72. The van der Waals surface area contributed by atoms with Crippen molar-refractivity contribution in [1.82, 2.24) is 20.2 Å². The first-order valence-electron chi connectivity index (χ1n) is 7.92. The van der Waals surface area contributed by atoms with Crippen LogP contribution in [0, 0.1) is 6.92 Å². The van der Waals surface area contributed by atoms with Gasteiger partial charge >= 0.3 is 0 Å². The number of carbonyl (C=O) groups excluding carboxylic acids is 1. The molecule has 0 saturated carbocycles. The van der Waals surface area contributed by atoms with Crippen molar-refractivity contribution in [3.05, 3.63) is 65.9 Å². The number of nitrogens with zero attached hydrogens (tertiary/aromatic N) is 3. The number of furan rings is 1. The predicted octanol–water partition coefficient (Wildman–Crippen LogP) is 2.26. The van der Waals surface area contributed by atoms with Gasteiger partial charge in [-0.25, -0.2) is 4.68 Å². The van der Waals surface area contributed by atoms with Crippen LogP contribution in [0.25, 0.3) is 0 Å². The molecule has 1 aromatic carbocycles. The quantitative estimate of drug-likeness (QED) is 0.747. The maximum atomic E-state index is 12.8. The normalized spacial score (nSPS) is 19.1. The van der Waals surface area contributed by atoms with Gasteiger partial charge in [-0.2, -0.15) is 0 Å². The van der Waals surface area contributed by atoms with E-state index in [0.29, 0.717) is 11.7 Å². The summed E-state index contributed by atoms with van der Waals surface area (Å²) in [5, 5.41) is 11.5. The van der Waals surface area contributed by atoms with Gasteiger partial charge in [-0.15, -0.1) is 10.2 Å². The summed E-state index contributed by atoms with van der Waals surface area (Å²) in [4.78, 5) is 12.8. The molecule has 1 aliphatic rings. The lowest BCUT2D eigenvalue weighted by atomic mass is 10.0. The van der Waals surface area contributed by atoms with Crippen LogP contribution in [0.15, 0.2) is 58.3 Å². The van der Waals surface area contributed by atoms with Crippen LogP contribution in [0.4, 0.5) is 0 Å². The van der Waals surface area contributed by atoms with E-state index < -0.39 is 0 Å². The maximum Gasteiger partial charge on any atom is 0.236 e. The zero-order valence-electron chi connectivity index (χ0n) is 13.5. The number of fused-ring (bicyclic) bond motifs is 1. The fourth-order valence-electron chi connectivity index (χ4n) is 2.76. The summed E-state index contributed by atoms with van der Waals surface area (Å²) in [6, 6.07) is 13.4. The summed E-state index contributed by atoms with van der Waals surface area (Å²) in [5.41, 5.74) is 4.41. The molecule has 0 fully saturated rings. The number of aromatic nitrogens is 3. The second-order valence-corrected chi connectivity index (χ2v) is 6.83. The van der Waals surface area contributed by atoms with Crippen LogP contribution in [-0.4, -0.2) is 26.0 Å². The van der Waals surface area contributed by atoms with Gasteiger partial charge in [0.2, 0.25) is 11.1 Å². The minimum Gasteiger partial charge on any atom is -0.467 e. The fourth-order valence-corrected chi connectivity index (χ4v) is 3.91. The third-order valence-electron chi connectivity index (χ3n) is 4.03. The summed E-state index contributed by atoms with van der Waals surface area (Å²) < 4.78 is 7.11. The smallest absolute Gasteiger partial charge is 0.236 e. The SMILES string of the molecule is Cc1nnc2n1NC(c1ccccc1)C(C(=O)NCc1ccco1)S2. The average Bonchev–Trinajstić information content (AvgIpc) is 3.29. The van der Waals surface area contributed by atoms with Crippen LogP contribution < -0.4 is 10.7 Å². The topological polar surface area (TPSA) is 85.0 Å². The molecule has 3 heterocycles. The molecule has 8 heteroatoms. The molecule has 7 nitrogen and oxygen atoms in total. The van der Waals surface area contributed by atoms with E-state index in [1.54, 1.807) is 12.3 Å². The molecule has 3 aromatic rings. The minimum absolute atomic E-state index is 0.0744. The van der Waals surface area contributed by atoms with E-state index in [1.165, 1.54) is 11.8 Å². The first kappa shape index (κ1) is 15.8. The highest BCUT2D eigenvalue weighted by Crippen LogP contribution is 2.36. The van der Waals surface area contributed by atoms with E-state index in [2.05, 4.69) is 20.9 Å². The Bertz CT molecular complexity index is 863. The van der Waals surface area contributed by atoms with Gasteiger partial charge < -0.3 is 15.2 Å². The molecule has 0 aliphatic carbocycles. The second kappa shape index (κ2) is 6.64. The highest BCUT2D eigenvalue weighted by Gasteiger charge is 2.37. The summed E-state index contributed by atoms with van der Waals surface area (Å²) in [6.07, 6.45) is 1.59. The highest BCUT2D eigenvalue weighted by molar-refractivity contribution is 8.00. The van der Waals surface area contributed by atoms with E-state index in [4.69, 9.17) is 4.42 Å². The molecular formula is C17H17N5O2S. The average molecular weight is 355 g/mol. The largest absolute Gasteiger partial charge is 0.467 e. The molecule has 0 bridgehead atoms. The Morgan fingerprint density at radius 3 is 2.88 bits per heavy atom. The van der Waals surface area contributed by atoms with Gasteiger partial charge in [-0.3, -0.25) is 4.79 Å². The molecule has 0 spiro atoms. The summed E-state index contributed by atoms with van der Waals surface area (Å²) in [5.74, 6) is 1.41. The Labute approximate surface area is 148 Å². The van der Waals surface area contributed by atoms with Gasteiger partial charge in [-0.05, 0) is 24.6 Å². The summed E-state index contributed by atoms with van der Waals surface area (Å²) in [6.45, 7) is 2.24. The fraction of sp³-hybridized carbons (Fsp3) is 0.235. The van der Waals surface area contributed by atoms with Gasteiger partial charge in [0.05, 0.1) is 18.8 Å². The zero-order valence-corrected chi connectivity index (χ0v) is 14.4. The van der Waals surface area contributed by atoms with E-state index in [1.807, 2.05) is 48.0 Å². The van der Waals surface area contributed by atoms with E-state index in [9.17, 15) is 4.79 Å². The van der Waals surface area contributed by atoms with Gasteiger partial charge in [0.1, 0.15) is 16.8 Å². The number of benzene rings is 1. The number of thioether (sulfide) groups is 1. The third-order valence-corrected chi connectivity index (χ3v) is 5.25. The minimum atomic E-state index is -0.367. The number of hydrogen-bond acceptors (Lipinski definition) is 6. The molecule has 2 N–H and O–H groups in total. The molecule has 25 heavy (non-hydrogen) atoms. The van der Waals surface area contributed by atoms with Crippen molar-refractivity contribution in [3.63, 3.8) is 0 Å². The number of rotatable bonds is 4. The van der Waals surface area contributed by atoms with Crippen molar-refractivity contribution in [3.8, 4) is 0 Å². The van der Waals surface area contributed by atoms with Crippen molar-refractivity contribution in [2.45, 2.75) is 29.9 Å². The van der Waals surface area contributed by atoms with Crippen LogP contribution >= 0.6 is 11.8 Å². The van der Waals surface area contributed by atoms with Gasteiger partial charge in [0.25, 0.3) is 0 Å². The number of amides is 1. The Balaban J connectivity index is 1.59. The third kappa shape index (κ3) is 3.12. The lowest BCUT2D eigenvalue weighted by Gasteiger charge is -2.32. The molecule has 2 aromatic heterocycles. The lowest BCUT2D eigenvalue weighted by Crippen LogP contribution is -2.43. The molecule has 4 rings (SSSR count). The van der Waals surface area contributed by atoms with Gasteiger partial charge in [0.15, 0.2) is 0 Å². The molecule has 2 unspecified atom stereocenters. The molecule has 1 amide bonds. The zero-order chi connectivity index (χ0) is 17.2. The summed E-state index contributed by atoms with van der Waals surface area (Å²) >= 11 is 1.41. The van der Waals surface area contributed by atoms with Crippen LogP contribution in [0.2, 0.25) is 0 Å². The van der Waals surface area contributed by atoms with Crippen molar-refractivity contribution in [1.29, 1.82) is 0 Å². The number of carbonyl (C=O) groups is 1.